The fraction of sp³-hybridized carbons (Fsp3) is 0.513. The zero-order valence-electron chi connectivity index (χ0n) is 30.4. The predicted molar refractivity (Wildman–Crippen MR) is 199 cm³/mol. The van der Waals surface area contributed by atoms with Crippen LogP contribution >= 0.6 is 11.6 Å². The number of alkyl halides is 3. The highest BCUT2D eigenvalue weighted by molar-refractivity contribution is 6.32. The van der Waals surface area contributed by atoms with E-state index in [1.807, 2.05) is 34.1 Å². The Balaban J connectivity index is 0.935. The number of imide groups is 1. The minimum atomic E-state index is -4.64. The summed E-state index contributed by atoms with van der Waals surface area (Å²) in [7, 11) is 3.62. The molecule has 288 valence electrons. The molecule has 54 heavy (non-hydrogen) atoms. The van der Waals surface area contributed by atoms with Crippen LogP contribution in [0.4, 0.5) is 24.5 Å². The van der Waals surface area contributed by atoms with Crippen LogP contribution in [0.5, 0.6) is 0 Å². The van der Waals surface area contributed by atoms with E-state index in [2.05, 4.69) is 27.7 Å². The average Bonchev–Trinajstić information content (AvgIpc) is 3.15. The first-order chi connectivity index (χ1) is 25.7. The lowest BCUT2D eigenvalue weighted by molar-refractivity contribution is -0.139. The van der Waals surface area contributed by atoms with Gasteiger partial charge in [0.2, 0.25) is 11.8 Å². The normalized spacial score (nSPS) is 23.7. The molecule has 3 amide bonds. The van der Waals surface area contributed by atoms with Gasteiger partial charge in [-0.2, -0.15) is 18.3 Å². The van der Waals surface area contributed by atoms with Crippen LogP contribution in [0.25, 0.3) is 0 Å². The molecule has 11 nitrogen and oxygen atoms in total. The fourth-order valence-electron chi connectivity index (χ4n) is 8.78. The second kappa shape index (κ2) is 15.0. The van der Waals surface area contributed by atoms with Crippen molar-refractivity contribution < 1.29 is 27.6 Å². The number of hydrogen-bond acceptors (Lipinski definition) is 8. The lowest BCUT2D eigenvalue weighted by Gasteiger charge is -2.47. The van der Waals surface area contributed by atoms with Gasteiger partial charge in [0.05, 0.1) is 23.4 Å². The van der Waals surface area contributed by atoms with E-state index in [9.17, 15) is 32.3 Å². The van der Waals surface area contributed by atoms with Crippen molar-refractivity contribution in [3.05, 3.63) is 86.3 Å². The molecule has 1 spiro atoms. The van der Waals surface area contributed by atoms with Gasteiger partial charge in [0.15, 0.2) is 0 Å². The number of amides is 3. The first-order valence-electron chi connectivity index (χ1n) is 18.6. The number of likely N-dealkylation sites (tertiary alicyclic amines) is 2. The molecule has 1 unspecified atom stereocenters. The van der Waals surface area contributed by atoms with Gasteiger partial charge in [-0.3, -0.25) is 24.5 Å². The number of carbonyl (C=O) groups is 3. The van der Waals surface area contributed by atoms with Gasteiger partial charge in [-0.25, -0.2) is 4.68 Å². The van der Waals surface area contributed by atoms with Crippen molar-refractivity contribution in [3.8, 4) is 0 Å². The van der Waals surface area contributed by atoms with Crippen molar-refractivity contribution in [1.82, 2.24) is 24.9 Å². The van der Waals surface area contributed by atoms with E-state index in [0.29, 0.717) is 43.1 Å². The van der Waals surface area contributed by atoms with Gasteiger partial charge in [0.25, 0.3) is 11.5 Å². The molecule has 5 heterocycles. The third-order valence-corrected chi connectivity index (χ3v) is 12.3. The maximum atomic E-state index is 14.2. The Bertz CT molecular complexity index is 1970. The molecule has 4 aliphatic rings. The zero-order valence-corrected chi connectivity index (χ0v) is 31.2. The van der Waals surface area contributed by atoms with E-state index in [-0.39, 0.29) is 52.3 Å². The molecule has 7 rings (SSSR count). The average molecular weight is 768 g/mol. The minimum absolute atomic E-state index is 0.00211. The zero-order chi connectivity index (χ0) is 38.4. The molecule has 2 aromatic carbocycles. The highest BCUT2D eigenvalue weighted by atomic mass is 35.5. The largest absolute Gasteiger partial charge is 0.416 e. The molecule has 0 aliphatic carbocycles. The van der Waals surface area contributed by atoms with Crippen molar-refractivity contribution in [2.24, 2.45) is 12.5 Å². The molecular weight excluding hydrogens is 723 g/mol. The monoisotopic (exact) mass is 767 g/mol. The van der Waals surface area contributed by atoms with E-state index in [1.54, 1.807) is 19.3 Å². The topological polar surface area (TPSA) is 120 Å². The number of hydrogen-bond donors (Lipinski definition) is 2. The van der Waals surface area contributed by atoms with Crippen LogP contribution < -0.4 is 21.1 Å². The van der Waals surface area contributed by atoms with Gasteiger partial charge in [-0.15, -0.1) is 0 Å². The van der Waals surface area contributed by atoms with Crippen LogP contribution in [-0.4, -0.2) is 89.7 Å². The Kier molecular flexibility index (Phi) is 10.5. The second-order valence-electron chi connectivity index (χ2n) is 15.5. The van der Waals surface area contributed by atoms with E-state index in [4.69, 9.17) is 11.6 Å². The molecule has 3 atom stereocenters. The first kappa shape index (κ1) is 37.9. The molecule has 2 N–H and O–H groups in total. The second-order valence-corrected chi connectivity index (χ2v) is 15.8. The number of anilines is 2. The van der Waals surface area contributed by atoms with Crippen molar-refractivity contribution in [1.29, 1.82) is 0 Å². The Labute approximate surface area is 316 Å². The third-order valence-electron chi connectivity index (χ3n) is 12.0. The minimum Gasteiger partial charge on any atom is -0.378 e. The van der Waals surface area contributed by atoms with Gasteiger partial charge < -0.3 is 20.0 Å². The summed E-state index contributed by atoms with van der Waals surface area (Å²) in [6.07, 6.45) is 1.12. The number of carbonyl (C=O) groups excluding carboxylic acids is 3. The summed E-state index contributed by atoms with van der Waals surface area (Å²) in [6, 6.07) is 12.1. The highest BCUT2D eigenvalue weighted by Crippen LogP contribution is 2.44. The summed E-state index contributed by atoms with van der Waals surface area (Å²) in [5, 5.41) is 9.78. The van der Waals surface area contributed by atoms with E-state index >= 15 is 0 Å². The number of rotatable bonds is 6. The molecule has 4 aliphatic heterocycles. The molecule has 0 bridgehead atoms. The van der Waals surface area contributed by atoms with Gasteiger partial charge in [-0.1, -0.05) is 29.8 Å². The number of likely N-dealkylation sites (N-methyl/N-ethyl adjacent to an activating group) is 1. The lowest BCUT2D eigenvalue weighted by atomic mass is 9.71. The fourth-order valence-corrected chi connectivity index (χ4v) is 9.01. The first-order valence-corrected chi connectivity index (χ1v) is 18.9. The van der Waals surface area contributed by atoms with E-state index in [0.717, 1.165) is 56.8 Å². The Morgan fingerprint density at radius 3 is 2.31 bits per heavy atom. The Morgan fingerprint density at radius 2 is 1.65 bits per heavy atom. The molecule has 3 aromatic rings. The van der Waals surface area contributed by atoms with Crippen LogP contribution in [0.2, 0.25) is 5.02 Å². The molecule has 15 heteroatoms. The summed E-state index contributed by atoms with van der Waals surface area (Å²) < 4.78 is 43.9. The molecule has 4 saturated heterocycles. The number of nitrogens with one attached hydrogen (secondary N) is 2. The molecule has 4 fully saturated rings. The maximum Gasteiger partial charge on any atom is 0.416 e. The van der Waals surface area contributed by atoms with Crippen LogP contribution in [0.1, 0.15) is 83.8 Å². The van der Waals surface area contributed by atoms with Gasteiger partial charge in [0, 0.05) is 70.0 Å². The molecule has 0 radical (unpaired) electrons. The predicted octanol–water partition coefficient (Wildman–Crippen LogP) is 5.40. The van der Waals surface area contributed by atoms with Crippen LogP contribution in [0, 0.1) is 5.41 Å². The summed E-state index contributed by atoms with van der Waals surface area (Å²) in [6.45, 7) is 4.10. The van der Waals surface area contributed by atoms with Crippen LogP contribution in [-0.2, 0) is 22.8 Å². The van der Waals surface area contributed by atoms with Crippen LogP contribution in [0.3, 0.4) is 0 Å². The number of nitrogens with zero attached hydrogens (tertiary/aromatic N) is 5. The van der Waals surface area contributed by atoms with Crippen molar-refractivity contribution in [3.63, 3.8) is 0 Å². The number of piperidine rings is 4. The number of aryl methyl sites for hydroxylation is 1. The molecule has 0 saturated carbocycles. The quantitative estimate of drug-likeness (QED) is 0.321. The van der Waals surface area contributed by atoms with E-state index in [1.165, 1.54) is 10.7 Å². The molecular formula is C39H45ClF3N7O4. The maximum absolute atomic E-state index is 14.2. The van der Waals surface area contributed by atoms with E-state index < -0.39 is 29.5 Å². The summed E-state index contributed by atoms with van der Waals surface area (Å²) in [4.78, 5) is 56.0. The van der Waals surface area contributed by atoms with Gasteiger partial charge in [-0.05, 0) is 92.3 Å². The number of aromatic nitrogens is 2. The summed E-state index contributed by atoms with van der Waals surface area (Å²) in [5.41, 5.74) is 1.52. The lowest BCUT2D eigenvalue weighted by Crippen LogP contribution is -2.48. The third kappa shape index (κ3) is 7.86. The standard InChI is InChI=1S/C39H45ClF3N7O4/c1-47-22-26(19-27(23-47)45-32-21-44-48(2)37(54)34(32)40)24-3-5-25(6-4-24)36(53)50-17-13-38(14-18-50)11-15-49(16-12-38)28-7-8-29(31(20-28)39(41,42)43)30-9-10-33(51)46-35(30)52/h3-8,20-21,26-27,30,45H,9-19,22-23H2,1-2H3,(H,46,51,52)/t26-,27+,30?/m0/s1. The Hall–Kier alpha value is -4.43. The van der Waals surface area contributed by atoms with Gasteiger partial charge in [0.1, 0.15) is 5.02 Å². The van der Waals surface area contributed by atoms with Gasteiger partial charge >= 0.3 is 6.18 Å². The highest BCUT2D eigenvalue weighted by Gasteiger charge is 2.41. The number of halogens is 4. The summed E-state index contributed by atoms with van der Waals surface area (Å²) in [5.74, 6) is -1.96. The smallest absolute Gasteiger partial charge is 0.378 e. The van der Waals surface area contributed by atoms with Crippen molar-refractivity contribution in [2.45, 2.75) is 69.0 Å². The summed E-state index contributed by atoms with van der Waals surface area (Å²) >= 11 is 6.30. The van der Waals surface area contributed by atoms with Crippen LogP contribution in [0.15, 0.2) is 53.5 Å². The number of benzene rings is 2. The Morgan fingerprint density at radius 1 is 0.963 bits per heavy atom. The molecule has 1 aromatic heterocycles. The SMILES string of the molecule is CN1C[C@H](Nc2cnn(C)c(=O)c2Cl)C[C@H](c2ccc(C(=O)N3CCC4(CC3)CCN(c3ccc(C5CCC(=O)NC5=O)c(C(F)(F)F)c3)CC4)cc2)C1. The van der Waals surface area contributed by atoms with Crippen molar-refractivity contribution >= 4 is 40.7 Å². The van der Waals surface area contributed by atoms with Crippen molar-refractivity contribution in [2.75, 3.05) is 56.5 Å².